The molecule has 0 radical (unpaired) electrons. The molecule has 0 aliphatic carbocycles. The second kappa shape index (κ2) is 5.12. The van der Waals surface area contributed by atoms with Gasteiger partial charge in [-0.25, -0.2) is 0 Å². The molecule has 2 unspecified atom stereocenters. The third kappa shape index (κ3) is 3.06. The summed E-state index contributed by atoms with van der Waals surface area (Å²) in [7, 11) is 1.84. The highest BCUT2D eigenvalue weighted by molar-refractivity contribution is 5.73. The summed E-state index contributed by atoms with van der Waals surface area (Å²) in [4.78, 5) is 11.0. The van der Waals surface area contributed by atoms with Crippen LogP contribution in [-0.4, -0.2) is 26.9 Å². The van der Waals surface area contributed by atoms with Gasteiger partial charge in [-0.2, -0.15) is 5.10 Å². The van der Waals surface area contributed by atoms with E-state index < -0.39 is 12.0 Å². The highest BCUT2D eigenvalue weighted by Crippen LogP contribution is 2.14. The first-order chi connectivity index (χ1) is 7.41. The first-order valence-corrected chi connectivity index (χ1v) is 5.39. The minimum Gasteiger partial charge on any atom is -0.480 e. The van der Waals surface area contributed by atoms with E-state index in [1.807, 2.05) is 34.0 Å². The number of hydrogen-bond acceptors (Lipinski definition) is 3. The van der Waals surface area contributed by atoms with Crippen molar-refractivity contribution in [2.45, 2.75) is 32.9 Å². The zero-order valence-corrected chi connectivity index (χ0v) is 10.1. The Labute approximate surface area is 95.5 Å². The number of carboxylic acids is 1. The number of hydrogen-bond donors (Lipinski definition) is 2. The third-order valence-electron chi connectivity index (χ3n) is 2.59. The quantitative estimate of drug-likeness (QED) is 0.789. The van der Waals surface area contributed by atoms with Gasteiger partial charge in [0, 0.05) is 24.8 Å². The van der Waals surface area contributed by atoms with Gasteiger partial charge < -0.3 is 5.11 Å². The van der Waals surface area contributed by atoms with E-state index in [9.17, 15) is 4.79 Å². The van der Waals surface area contributed by atoms with Crippen LogP contribution in [0.1, 0.15) is 32.4 Å². The van der Waals surface area contributed by atoms with Crippen molar-refractivity contribution in [2.75, 3.05) is 0 Å². The lowest BCUT2D eigenvalue weighted by molar-refractivity contribution is -0.140. The minimum atomic E-state index is -0.814. The van der Waals surface area contributed by atoms with E-state index in [1.54, 1.807) is 10.9 Å². The van der Waals surface area contributed by atoms with Gasteiger partial charge >= 0.3 is 5.97 Å². The standard InChI is InChI=1S/C11H19N3O2/c1-7(2)10(11(15)16)13-8(3)9-5-12-14(4)6-9/h5-8,10,13H,1-4H3,(H,15,16). The third-order valence-corrected chi connectivity index (χ3v) is 2.59. The maximum absolute atomic E-state index is 11.0. The first kappa shape index (κ1) is 12.7. The predicted octanol–water partition coefficient (Wildman–Crippen LogP) is 1.18. The van der Waals surface area contributed by atoms with Gasteiger partial charge in [-0.3, -0.25) is 14.8 Å². The van der Waals surface area contributed by atoms with E-state index in [0.29, 0.717) is 0 Å². The summed E-state index contributed by atoms with van der Waals surface area (Å²) in [6.45, 7) is 5.72. The van der Waals surface area contributed by atoms with Crippen LogP contribution in [0, 0.1) is 5.92 Å². The van der Waals surface area contributed by atoms with Gasteiger partial charge in [0.15, 0.2) is 0 Å². The molecule has 90 valence electrons. The number of nitrogens with one attached hydrogen (secondary N) is 1. The van der Waals surface area contributed by atoms with Crippen LogP contribution in [0.3, 0.4) is 0 Å². The minimum absolute atomic E-state index is 0.0165. The van der Waals surface area contributed by atoms with Crippen LogP contribution in [-0.2, 0) is 11.8 Å². The summed E-state index contributed by atoms with van der Waals surface area (Å²) in [5.74, 6) is -0.762. The molecule has 1 aromatic heterocycles. The number of carboxylic acid groups (broad SMARTS) is 1. The van der Waals surface area contributed by atoms with Crippen molar-refractivity contribution < 1.29 is 9.90 Å². The highest BCUT2D eigenvalue weighted by Gasteiger charge is 2.23. The molecule has 1 aromatic rings. The fourth-order valence-electron chi connectivity index (χ4n) is 1.58. The molecule has 0 fully saturated rings. The monoisotopic (exact) mass is 225 g/mol. The lowest BCUT2D eigenvalue weighted by Gasteiger charge is -2.22. The molecule has 0 saturated heterocycles. The molecule has 0 saturated carbocycles. The van der Waals surface area contributed by atoms with Crippen molar-refractivity contribution in [1.29, 1.82) is 0 Å². The maximum atomic E-state index is 11.0. The molecule has 2 N–H and O–H groups in total. The van der Waals surface area contributed by atoms with Crippen LogP contribution in [0.5, 0.6) is 0 Å². The Morgan fingerprint density at radius 2 is 2.12 bits per heavy atom. The first-order valence-electron chi connectivity index (χ1n) is 5.39. The highest BCUT2D eigenvalue weighted by atomic mass is 16.4. The molecule has 1 rings (SSSR count). The second-order valence-electron chi connectivity index (χ2n) is 4.40. The van der Waals surface area contributed by atoms with Crippen molar-refractivity contribution in [3.8, 4) is 0 Å². The average Bonchev–Trinajstić information content (AvgIpc) is 2.59. The van der Waals surface area contributed by atoms with Gasteiger partial charge in [0.1, 0.15) is 6.04 Å². The molecule has 0 amide bonds. The Balaban J connectivity index is 2.68. The summed E-state index contributed by atoms with van der Waals surface area (Å²) in [6, 6.07) is -0.549. The van der Waals surface area contributed by atoms with E-state index in [-0.39, 0.29) is 12.0 Å². The number of rotatable bonds is 5. The van der Waals surface area contributed by atoms with Crippen LogP contribution in [0.25, 0.3) is 0 Å². The maximum Gasteiger partial charge on any atom is 0.320 e. The predicted molar refractivity (Wildman–Crippen MR) is 61.0 cm³/mol. The Bertz CT molecular complexity index is 360. The van der Waals surface area contributed by atoms with Crippen molar-refractivity contribution in [3.05, 3.63) is 18.0 Å². The summed E-state index contributed by atoms with van der Waals surface area (Å²) in [5, 5.41) is 16.2. The van der Waals surface area contributed by atoms with E-state index in [0.717, 1.165) is 5.56 Å². The molecule has 0 aliphatic rings. The smallest absolute Gasteiger partial charge is 0.320 e. The molecule has 16 heavy (non-hydrogen) atoms. The Kier molecular flexibility index (Phi) is 4.06. The molecule has 0 aliphatic heterocycles. The van der Waals surface area contributed by atoms with Crippen molar-refractivity contribution >= 4 is 5.97 Å². The van der Waals surface area contributed by atoms with E-state index in [2.05, 4.69) is 10.4 Å². The molecule has 2 atom stereocenters. The SMILES string of the molecule is CC(NC(C(=O)O)C(C)C)c1cnn(C)c1. The van der Waals surface area contributed by atoms with Gasteiger partial charge in [-0.1, -0.05) is 13.8 Å². The van der Waals surface area contributed by atoms with Crippen LogP contribution >= 0.6 is 0 Å². The summed E-state index contributed by atoms with van der Waals surface area (Å²) < 4.78 is 1.71. The molecular weight excluding hydrogens is 206 g/mol. The van der Waals surface area contributed by atoms with Gasteiger partial charge in [-0.15, -0.1) is 0 Å². The largest absolute Gasteiger partial charge is 0.480 e. The molecule has 0 aromatic carbocycles. The summed E-state index contributed by atoms with van der Waals surface area (Å²) in [6.07, 6.45) is 3.63. The van der Waals surface area contributed by atoms with Crippen molar-refractivity contribution in [3.63, 3.8) is 0 Å². The number of carbonyl (C=O) groups is 1. The molecule has 0 spiro atoms. The zero-order valence-electron chi connectivity index (χ0n) is 10.1. The van der Waals surface area contributed by atoms with Gasteiger partial charge in [-0.05, 0) is 12.8 Å². The number of aromatic nitrogens is 2. The molecule has 5 heteroatoms. The van der Waals surface area contributed by atoms with Crippen LogP contribution in [0.15, 0.2) is 12.4 Å². The van der Waals surface area contributed by atoms with Gasteiger partial charge in [0.2, 0.25) is 0 Å². The number of nitrogens with zero attached hydrogens (tertiary/aromatic N) is 2. The molecule has 1 heterocycles. The summed E-state index contributed by atoms with van der Waals surface area (Å²) in [5.41, 5.74) is 0.995. The normalized spacial score (nSPS) is 15.1. The Morgan fingerprint density at radius 1 is 1.50 bits per heavy atom. The molecule has 5 nitrogen and oxygen atoms in total. The van der Waals surface area contributed by atoms with Crippen LogP contribution < -0.4 is 5.32 Å². The fourth-order valence-corrected chi connectivity index (χ4v) is 1.58. The van der Waals surface area contributed by atoms with Gasteiger partial charge in [0.25, 0.3) is 0 Å². The van der Waals surface area contributed by atoms with Crippen LogP contribution in [0.2, 0.25) is 0 Å². The van der Waals surface area contributed by atoms with E-state index in [1.165, 1.54) is 0 Å². The second-order valence-corrected chi connectivity index (χ2v) is 4.40. The summed E-state index contributed by atoms with van der Waals surface area (Å²) >= 11 is 0. The van der Waals surface area contributed by atoms with Crippen molar-refractivity contribution in [1.82, 2.24) is 15.1 Å². The van der Waals surface area contributed by atoms with Crippen molar-refractivity contribution in [2.24, 2.45) is 13.0 Å². The van der Waals surface area contributed by atoms with E-state index in [4.69, 9.17) is 5.11 Å². The lowest BCUT2D eigenvalue weighted by Crippen LogP contribution is -2.42. The van der Waals surface area contributed by atoms with Crippen LogP contribution in [0.4, 0.5) is 0 Å². The fraction of sp³-hybridized carbons (Fsp3) is 0.636. The Hall–Kier alpha value is -1.36. The number of aryl methyl sites for hydroxylation is 1. The average molecular weight is 225 g/mol. The van der Waals surface area contributed by atoms with E-state index >= 15 is 0 Å². The zero-order chi connectivity index (χ0) is 12.3. The molecule has 0 bridgehead atoms. The lowest BCUT2D eigenvalue weighted by atomic mass is 10.0. The van der Waals surface area contributed by atoms with Gasteiger partial charge in [0.05, 0.1) is 6.20 Å². The molecular formula is C11H19N3O2. The Morgan fingerprint density at radius 3 is 2.50 bits per heavy atom. The topological polar surface area (TPSA) is 67.2 Å². The number of aliphatic carboxylic acids is 1.